The van der Waals surface area contributed by atoms with Gasteiger partial charge in [0.1, 0.15) is 6.61 Å². The molecule has 0 N–H and O–H groups in total. The van der Waals surface area contributed by atoms with Crippen LogP contribution in [0.25, 0.3) is 5.70 Å². The maximum absolute atomic E-state index is 12.2. The van der Waals surface area contributed by atoms with Gasteiger partial charge in [-0.1, -0.05) is 30.3 Å². The van der Waals surface area contributed by atoms with Crippen molar-refractivity contribution in [1.29, 1.82) is 0 Å². The number of allylic oxidation sites excluding steroid dienone is 1. The molecule has 1 aliphatic rings. The van der Waals surface area contributed by atoms with Crippen LogP contribution < -0.4 is 0 Å². The molecule has 0 atom stereocenters. The van der Waals surface area contributed by atoms with Crippen LogP contribution in [0.15, 0.2) is 30.3 Å². The second-order valence-corrected chi connectivity index (χ2v) is 6.53. The molecule has 0 spiro atoms. The average Bonchev–Trinajstić information content (AvgIpc) is 2.45. The molecule has 0 bridgehead atoms. The molecule has 1 aliphatic carbocycles. The van der Waals surface area contributed by atoms with Gasteiger partial charge in [0.2, 0.25) is 0 Å². The van der Waals surface area contributed by atoms with E-state index in [0.29, 0.717) is 6.54 Å². The molecule has 0 saturated heterocycles. The first-order valence-corrected chi connectivity index (χ1v) is 8.67. The fourth-order valence-electron chi connectivity index (χ4n) is 2.43. The summed E-state index contributed by atoms with van der Waals surface area (Å²) in [5, 5.41) is 0. The van der Waals surface area contributed by atoms with Crippen molar-refractivity contribution in [1.82, 2.24) is 4.90 Å². The van der Waals surface area contributed by atoms with Gasteiger partial charge in [-0.2, -0.15) is 8.42 Å². The maximum Gasteiger partial charge on any atom is 0.264 e. The summed E-state index contributed by atoms with van der Waals surface area (Å²) < 4.78 is 26.6. The summed E-state index contributed by atoms with van der Waals surface area (Å²) in [5.74, 6) is -0.356. The molecule has 114 valence electrons. The molecule has 6 heteroatoms. The number of nitrogens with zero attached hydrogens (tertiary/aromatic N) is 1. The van der Waals surface area contributed by atoms with Gasteiger partial charge in [-0.05, 0) is 25.3 Å². The lowest BCUT2D eigenvalue weighted by molar-refractivity contribution is -0.129. The van der Waals surface area contributed by atoms with E-state index in [-0.39, 0.29) is 5.91 Å². The molecule has 0 saturated carbocycles. The van der Waals surface area contributed by atoms with Crippen LogP contribution in [0, 0.1) is 0 Å². The highest BCUT2D eigenvalue weighted by Crippen LogP contribution is 2.29. The maximum atomic E-state index is 12.2. The predicted molar refractivity (Wildman–Crippen MR) is 80.9 cm³/mol. The first kappa shape index (κ1) is 15.7. The zero-order valence-electron chi connectivity index (χ0n) is 12.2. The molecule has 1 amide bonds. The average molecular weight is 309 g/mol. The highest BCUT2D eigenvalue weighted by atomic mass is 32.2. The Morgan fingerprint density at radius 3 is 2.71 bits per heavy atom. The third-order valence-electron chi connectivity index (χ3n) is 3.35. The van der Waals surface area contributed by atoms with Gasteiger partial charge in [-0.3, -0.25) is 8.98 Å². The molecule has 5 nitrogen and oxygen atoms in total. The molecule has 0 radical (unpaired) electrons. The Hall–Kier alpha value is -1.66. The monoisotopic (exact) mass is 309 g/mol. The lowest BCUT2D eigenvalue weighted by Crippen LogP contribution is -2.34. The zero-order valence-corrected chi connectivity index (χ0v) is 13.0. The fourth-order valence-corrected chi connectivity index (χ4v) is 2.75. The fraction of sp³-hybridized carbons (Fsp3) is 0.400. The largest absolute Gasteiger partial charge is 0.310 e. The first-order valence-electron chi connectivity index (χ1n) is 6.85. The molecule has 1 aromatic rings. The zero-order chi connectivity index (χ0) is 15.5. The number of amides is 1. The van der Waals surface area contributed by atoms with Gasteiger partial charge >= 0.3 is 0 Å². The van der Waals surface area contributed by atoms with E-state index in [9.17, 15) is 13.2 Å². The van der Waals surface area contributed by atoms with Crippen LogP contribution in [0.4, 0.5) is 0 Å². The minimum absolute atomic E-state index is 0.356. The van der Waals surface area contributed by atoms with Gasteiger partial charge in [-0.15, -0.1) is 0 Å². The van der Waals surface area contributed by atoms with Gasteiger partial charge in [0, 0.05) is 17.8 Å². The topological polar surface area (TPSA) is 63.7 Å². The van der Waals surface area contributed by atoms with E-state index in [2.05, 4.69) is 4.18 Å². The van der Waals surface area contributed by atoms with Crippen molar-refractivity contribution in [2.24, 2.45) is 0 Å². The number of likely N-dealkylation sites (N-methyl/N-ethyl adjacent to an activating group) is 1. The van der Waals surface area contributed by atoms with Crippen LogP contribution in [0.5, 0.6) is 0 Å². The molecule has 0 aromatic heterocycles. The van der Waals surface area contributed by atoms with E-state index in [1.165, 1.54) is 5.56 Å². The minimum atomic E-state index is -3.62. The Bertz CT molecular complexity index is 664. The smallest absolute Gasteiger partial charge is 0.264 e. The van der Waals surface area contributed by atoms with Crippen molar-refractivity contribution in [3.63, 3.8) is 0 Å². The number of aryl methyl sites for hydroxylation is 1. The van der Waals surface area contributed by atoms with Gasteiger partial charge < -0.3 is 4.90 Å². The van der Waals surface area contributed by atoms with Crippen LogP contribution in [0.3, 0.4) is 0 Å². The number of fused-ring (bicyclic) bond motifs is 1. The van der Waals surface area contributed by atoms with Crippen molar-refractivity contribution in [2.45, 2.75) is 19.8 Å². The quantitative estimate of drug-likeness (QED) is 0.778. The molecule has 0 heterocycles. The Morgan fingerprint density at radius 1 is 1.33 bits per heavy atom. The molecule has 1 aromatic carbocycles. The van der Waals surface area contributed by atoms with Crippen molar-refractivity contribution in [3.05, 3.63) is 41.5 Å². The Morgan fingerprint density at radius 2 is 2.05 bits per heavy atom. The van der Waals surface area contributed by atoms with Gasteiger partial charge in [0.25, 0.3) is 16.0 Å². The lowest BCUT2D eigenvalue weighted by atomic mass is 9.94. The van der Waals surface area contributed by atoms with Crippen LogP contribution in [-0.4, -0.2) is 38.6 Å². The molecular weight excluding hydrogens is 290 g/mol. The summed E-state index contributed by atoms with van der Waals surface area (Å²) in [6.07, 6.45) is 4.77. The highest BCUT2D eigenvalue weighted by molar-refractivity contribution is 7.86. The first-order chi connectivity index (χ1) is 9.92. The van der Waals surface area contributed by atoms with Gasteiger partial charge in [-0.25, -0.2) is 0 Å². The van der Waals surface area contributed by atoms with E-state index >= 15 is 0 Å². The van der Waals surface area contributed by atoms with E-state index < -0.39 is 16.7 Å². The SMILES string of the molecule is CCN(C(=O)COS(C)(=O)=O)C1=CCCc2ccccc21. The van der Waals surface area contributed by atoms with Crippen LogP contribution >= 0.6 is 0 Å². The number of benzene rings is 1. The molecule has 0 unspecified atom stereocenters. The molecule has 0 fully saturated rings. The standard InChI is InChI=1S/C15H19NO4S/c1-3-16(15(17)11-20-21(2,18)19)14-10-6-8-12-7-4-5-9-13(12)14/h4-5,7,9-10H,3,6,8,11H2,1-2H3. The molecule has 2 rings (SSSR count). The van der Waals surface area contributed by atoms with E-state index in [1.807, 2.05) is 37.3 Å². The number of carbonyl (C=O) groups is 1. The second kappa shape index (κ2) is 6.41. The lowest BCUT2D eigenvalue weighted by Gasteiger charge is -2.28. The highest BCUT2D eigenvalue weighted by Gasteiger charge is 2.22. The summed E-state index contributed by atoms with van der Waals surface area (Å²) in [6.45, 7) is 1.86. The van der Waals surface area contributed by atoms with E-state index in [4.69, 9.17) is 0 Å². The Balaban J connectivity index is 2.22. The van der Waals surface area contributed by atoms with Crippen molar-refractivity contribution < 1.29 is 17.4 Å². The summed E-state index contributed by atoms with van der Waals surface area (Å²) in [6, 6.07) is 7.94. The summed E-state index contributed by atoms with van der Waals surface area (Å²) >= 11 is 0. The van der Waals surface area contributed by atoms with Crippen molar-refractivity contribution in [2.75, 3.05) is 19.4 Å². The minimum Gasteiger partial charge on any atom is -0.310 e. The Kier molecular flexibility index (Phi) is 4.80. The van der Waals surface area contributed by atoms with E-state index in [0.717, 1.165) is 30.4 Å². The second-order valence-electron chi connectivity index (χ2n) is 4.89. The molecule has 21 heavy (non-hydrogen) atoms. The normalized spacial score (nSPS) is 14.3. The van der Waals surface area contributed by atoms with Gasteiger partial charge in [0.15, 0.2) is 0 Å². The summed E-state index contributed by atoms with van der Waals surface area (Å²) in [7, 11) is -3.62. The summed E-state index contributed by atoms with van der Waals surface area (Å²) in [4.78, 5) is 13.8. The molecular formula is C15H19NO4S. The summed E-state index contributed by atoms with van der Waals surface area (Å²) in [5.41, 5.74) is 3.06. The van der Waals surface area contributed by atoms with Crippen LogP contribution in [0.2, 0.25) is 0 Å². The number of carbonyl (C=O) groups excluding carboxylic acids is 1. The van der Waals surface area contributed by atoms with E-state index in [1.54, 1.807) is 4.90 Å². The predicted octanol–water partition coefficient (Wildman–Crippen LogP) is 1.80. The van der Waals surface area contributed by atoms with Crippen LogP contribution in [0.1, 0.15) is 24.5 Å². The van der Waals surface area contributed by atoms with Crippen molar-refractivity contribution in [3.8, 4) is 0 Å². The molecule has 0 aliphatic heterocycles. The number of rotatable bonds is 5. The number of hydrogen-bond acceptors (Lipinski definition) is 4. The Labute approximate surface area is 125 Å². The van der Waals surface area contributed by atoms with Gasteiger partial charge in [0.05, 0.1) is 6.26 Å². The third kappa shape index (κ3) is 3.92. The number of hydrogen-bond donors (Lipinski definition) is 0. The van der Waals surface area contributed by atoms with Crippen molar-refractivity contribution >= 4 is 21.7 Å². The van der Waals surface area contributed by atoms with Crippen LogP contribution in [-0.2, 0) is 25.5 Å². The third-order valence-corrected chi connectivity index (χ3v) is 3.90.